The highest BCUT2D eigenvalue weighted by Gasteiger charge is 2.16. The van der Waals surface area contributed by atoms with Gasteiger partial charge >= 0.3 is 0 Å². The maximum absolute atomic E-state index is 6.05. The minimum Gasteiger partial charge on any atom is -0.255 e. The zero-order valence-corrected chi connectivity index (χ0v) is 16.5. The molecule has 0 bridgehead atoms. The maximum atomic E-state index is 6.05. The number of aromatic nitrogens is 1. The van der Waals surface area contributed by atoms with Crippen LogP contribution in [0.5, 0.6) is 0 Å². The van der Waals surface area contributed by atoms with Gasteiger partial charge in [0.25, 0.3) is 0 Å². The first kappa shape index (κ1) is 16.8. The van der Waals surface area contributed by atoms with E-state index >= 15 is 0 Å². The second-order valence-electron chi connectivity index (χ2n) is 6.10. The van der Waals surface area contributed by atoms with Gasteiger partial charge in [-0.25, -0.2) is 4.98 Å². The van der Waals surface area contributed by atoms with Gasteiger partial charge in [-0.3, -0.25) is 4.99 Å². The van der Waals surface area contributed by atoms with Crippen LogP contribution in [-0.4, -0.2) is 11.2 Å². The minimum absolute atomic E-state index is 0.742. The molecule has 0 spiro atoms. The van der Waals surface area contributed by atoms with Gasteiger partial charge in [-0.05, 0) is 41.5 Å². The molecule has 0 amide bonds. The van der Waals surface area contributed by atoms with Crippen LogP contribution in [0.1, 0.15) is 5.56 Å². The highest BCUT2D eigenvalue weighted by molar-refractivity contribution is 7.99. The maximum Gasteiger partial charge on any atom is 0.123 e. The van der Waals surface area contributed by atoms with Crippen molar-refractivity contribution < 1.29 is 0 Å². The Hall–Kier alpha value is -2.40. The van der Waals surface area contributed by atoms with Crippen LogP contribution in [0.2, 0.25) is 5.02 Å². The number of hydrogen-bond donors (Lipinski definition) is 0. The Morgan fingerprint density at radius 1 is 0.852 bits per heavy atom. The van der Waals surface area contributed by atoms with Crippen molar-refractivity contribution in [2.45, 2.75) is 9.79 Å². The number of hydrogen-bond acceptors (Lipinski definition) is 4. The molecule has 1 aromatic heterocycles. The molecule has 3 aromatic carbocycles. The largest absolute Gasteiger partial charge is 0.255 e. The molecule has 1 aliphatic heterocycles. The van der Waals surface area contributed by atoms with Crippen LogP contribution in [0, 0.1) is 0 Å². The summed E-state index contributed by atoms with van der Waals surface area (Å²) in [5.41, 5.74) is 5.51. The van der Waals surface area contributed by atoms with Crippen LogP contribution in [-0.2, 0) is 0 Å². The van der Waals surface area contributed by atoms with Crippen LogP contribution >= 0.6 is 34.7 Å². The number of fused-ring (bicyclic) bond motifs is 2. The first-order valence-corrected chi connectivity index (χ1v) is 10.5. The van der Waals surface area contributed by atoms with E-state index in [1.54, 1.807) is 23.1 Å². The molecule has 2 nitrogen and oxygen atoms in total. The van der Waals surface area contributed by atoms with Gasteiger partial charge in [0, 0.05) is 43.7 Å². The van der Waals surface area contributed by atoms with Gasteiger partial charge in [0.15, 0.2) is 0 Å². The Morgan fingerprint density at radius 3 is 2.52 bits per heavy atom. The number of rotatable bonds is 2. The van der Waals surface area contributed by atoms with Crippen molar-refractivity contribution in [1.29, 1.82) is 0 Å². The van der Waals surface area contributed by atoms with Crippen molar-refractivity contribution in [3.63, 3.8) is 0 Å². The average molecular weight is 405 g/mol. The number of halogens is 1. The molecular formula is C22H13ClN2S2. The molecule has 0 N–H and O–H groups in total. The fraction of sp³-hybridized carbons (Fsp3) is 0. The molecule has 5 heteroatoms. The van der Waals surface area contributed by atoms with E-state index in [9.17, 15) is 0 Å². The first-order chi connectivity index (χ1) is 13.3. The molecule has 5 rings (SSSR count). The third-order valence-electron chi connectivity index (χ3n) is 4.41. The molecule has 130 valence electrons. The standard InChI is InChI=1S/C22H13ClN2S2/c23-16-7-4-14(5-8-16)17-2-1-3-20-18(17)13-25-19-12-15(6-9-21(19)27-20)22-24-10-11-26-22/h1-13H. The lowest BCUT2D eigenvalue weighted by molar-refractivity contribution is 1.36. The van der Waals surface area contributed by atoms with E-state index in [2.05, 4.69) is 53.5 Å². The molecule has 0 fully saturated rings. The van der Waals surface area contributed by atoms with Crippen LogP contribution in [0.25, 0.3) is 21.7 Å². The fourth-order valence-electron chi connectivity index (χ4n) is 3.10. The van der Waals surface area contributed by atoms with E-state index < -0.39 is 0 Å². The van der Waals surface area contributed by atoms with Crippen molar-refractivity contribution in [1.82, 2.24) is 4.98 Å². The summed E-state index contributed by atoms with van der Waals surface area (Å²) in [6.45, 7) is 0. The Kier molecular flexibility index (Phi) is 4.32. The lowest BCUT2D eigenvalue weighted by Crippen LogP contribution is -1.90. The van der Waals surface area contributed by atoms with Gasteiger partial charge in [0.05, 0.1) is 5.69 Å². The number of benzene rings is 3. The molecular weight excluding hydrogens is 392 g/mol. The normalized spacial score (nSPS) is 12.3. The molecule has 0 aliphatic carbocycles. The Morgan fingerprint density at radius 2 is 1.70 bits per heavy atom. The minimum atomic E-state index is 0.742. The summed E-state index contributed by atoms with van der Waals surface area (Å²) < 4.78 is 0. The predicted octanol–water partition coefficient (Wildman–Crippen LogP) is 7.35. The van der Waals surface area contributed by atoms with E-state index in [4.69, 9.17) is 16.6 Å². The summed E-state index contributed by atoms with van der Waals surface area (Å²) in [6, 6.07) is 20.7. The van der Waals surface area contributed by atoms with E-state index in [0.29, 0.717) is 0 Å². The average Bonchev–Trinajstić information content (AvgIpc) is 3.16. The molecule has 0 radical (unpaired) electrons. The molecule has 0 atom stereocenters. The third kappa shape index (κ3) is 3.21. The number of nitrogens with zero attached hydrogens (tertiary/aromatic N) is 2. The van der Waals surface area contributed by atoms with E-state index in [-0.39, 0.29) is 0 Å². The number of thiazole rings is 1. The van der Waals surface area contributed by atoms with Crippen molar-refractivity contribution in [2.75, 3.05) is 0 Å². The van der Waals surface area contributed by atoms with Gasteiger partial charge in [-0.15, -0.1) is 11.3 Å². The Balaban J connectivity index is 1.60. The lowest BCUT2D eigenvalue weighted by Gasteiger charge is -2.10. The smallest absolute Gasteiger partial charge is 0.123 e. The van der Waals surface area contributed by atoms with Gasteiger partial charge in [-0.1, -0.05) is 53.7 Å². The van der Waals surface area contributed by atoms with Crippen molar-refractivity contribution in [3.8, 4) is 21.7 Å². The zero-order valence-electron chi connectivity index (χ0n) is 14.1. The van der Waals surface area contributed by atoms with Crippen LogP contribution < -0.4 is 0 Å². The van der Waals surface area contributed by atoms with Crippen LogP contribution in [0.3, 0.4) is 0 Å². The second-order valence-corrected chi connectivity index (χ2v) is 8.52. The summed E-state index contributed by atoms with van der Waals surface area (Å²) in [6.07, 6.45) is 3.81. The monoisotopic (exact) mass is 404 g/mol. The van der Waals surface area contributed by atoms with E-state index in [1.165, 1.54) is 4.90 Å². The van der Waals surface area contributed by atoms with Crippen molar-refractivity contribution in [3.05, 3.63) is 82.8 Å². The van der Waals surface area contributed by atoms with Gasteiger partial charge in [0.1, 0.15) is 5.01 Å². The van der Waals surface area contributed by atoms with Crippen molar-refractivity contribution >= 4 is 46.6 Å². The van der Waals surface area contributed by atoms with Crippen LogP contribution in [0.15, 0.2) is 87.0 Å². The lowest BCUT2D eigenvalue weighted by atomic mass is 10.0. The summed E-state index contributed by atoms with van der Waals surface area (Å²) in [7, 11) is 0. The summed E-state index contributed by atoms with van der Waals surface area (Å²) in [4.78, 5) is 11.6. The van der Waals surface area contributed by atoms with E-state index in [0.717, 1.165) is 42.9 Å². The molecule has 0 unspecified atom stereocenters. The quantitative estimate of drug-likeness (QED) is 0.307. The Labute approximate surface area is 170 Å². The van der Waals surface area contributed by atoms with Gasteiger partial charge in [0.2, 0.25) is 0 Å². The van der Waals surface area contributed by atoms with Gasteiger partial charge in [-0.2, -0.15) is 0 Å². The second kappa shape index (κ2) is 6.97. The molecule has 0 saturated heterocycles. The topological polar surface area (TPSA) is 25.2 Å². The molecule has 0 saturated carbocycles. The Bertz CT molecular complexity index is 1150. The van der Waals surface area contributed by atoms with Gasteiger partial charge < -0.3 is 0 Å². The highest BCUT2D eigenvalue weighted by atomic mass is 35.5. The molecule has 2 heterocycles. The zero-order chi connectivity index (χ0) is 18.2. The molecule has 1 aliphatic rings. The third-order valence-corrected chi connectivity index (χ3v) is 6.63. The highest BCUT2D eigenvalue weighted by Crippen LogP contribution is 2.43. The molecule has 4 aromatic rings. The SMILES string of the molecule is Clc1ccc(-c2cccc3c2C=Nc2cc(-c4nccs4)ccc2S3)cc1. The summed E-state index contributed by atoms with van der Waals surface area (Å²) >= 11 is 9.44. The fourth-order valence-corrected chi connectivity index (χ4v) is 4.87. The first-order valence-electron chi connectivity index (χ1n) is 8.43. The van der Waals surface area contributed by atoms with Crippen molar-refractivity contribution in [2.24, 2.45) is 4.99 Å². The predicted molar refractivity (Wildman–Crippen MR) is 116 cm³/mol. The summed E-state index contributed by atoms with van der Waals surface area (Å²) in [5.74, 6) is 0. The number of aliphatic imine (C=N–C) groups is 1. The molecule has 27 heavy (non-hydrogen) atoms. The van der Waals surface area contributed by atoms with E-state index in [1.807, 2.05) is 29.9 Å². The summed E-state index contributed by atoms with van der Waals surface area (Å²) in [5, 5.41) is 3.75. The van der Waals surface area contributed by atoms with Crippen LogP contribution in [0.4, 0.5) is 5.69 Å².